The normalized spacial score (nSPS) is 17.8. The smallest absolute Gasteiger partial charge is 0.289 e. The molecule has 1 N–H and O–H groups in total. The number of nitro groups is 1. The van der Waals surface area contributed by atoms with Crippen LogP contribution in [-0.2, 0) is 0 Å². The van der Waals surface area contributed by atoms with E-state index in [-0.39, 0.29) is 11.3 Å². The highest BCUT2D eigenvalue weighted by atomic mass is 16.6. The van der Waals surface area contributed by atoms with Crippen molar-refractivity contribution < 1.29 is 4.92 Å². The van der Waals surface area contributed by atoms with Gasteiger partial charge in [0.2, 0.25) is 0 Å². The monoisotopic (exact) mass is 272 g/mol. The number of hydrogen-bond acceptors (Lipinski definition) is 5. The third kappa shape index (κ3) is 2.72. The quantitative estimate of drug-likeness (QED) is 0.635. The molecular weight excluding hydrogens is 256 g/mol. The van der Waals surface area contributed by atoms with Crippen LogP contribution < -0.4 is 5.32 Å². The Morgan fingerprint density at radius 2 is 2.10 bits per heavy atom. The lowest BCUT2D eigenvalue weighted by molar-refractivity contribution is -0.385. The van der Waals surface area contributed by atoms with E-state index in [2.05, 4.69) is 10.3 Å². The number of anilines is 1. The minimum Gasteiger partial charge on any atom is -0.369 e. The maximum atomic E-state index is 10.7. The fourth-order valence-electron chi connectivity index (χ4n) is 2.76. The molecule has 6 nitrogen and oxygen atoms in total. The molecule has 0 bridgehead atoms. The predicted molar refractivity (Wildman–Crippen MR) is 73.0 cm³/mol. The summed E-state index contributed by atoms with van der Waals surface area (Å²) in [5, 5.41) is 23.0. The Kier molecular flexibility index (Phi) is 3.26. The standard InChI is InChI=1S/C14H16N4O2/c15-6-11-5-12(18(19)20)7-16-14(11)17-8-13(9-1-2-9)10-3-4-10/h5,7,9-10,13H,1-4,8H2,(H,16,17). The number of hydrogen-bond donors (Lipinski definition) is 1. The molecule has 2 aliphatic rings. The molecular formula is C14H16N4O2. The second-order valence-electron chi connectivity index (χ2n) is 5.68. The van der Waals surface area contributed by atoms with Gasteiger partial charge in [-0.15, -0.1) is 0 Å². The van der Waals surface area contributed by atoms with Gasteiger partial charge in [0.25, 0.3) is 5.69 Å². The first-order chi connectivity index (χ1) is 9.69. The molecule has 0 unspecified atom stereocenters. The molecule has 2 fully saturated rings. The Morgan fingerprint density at radius 1 is 1.45 bits per heavy atom. The average Bonchev–Trinajstić information content (AvgIpc) is 3.32. The molecule has 0 saturated heterocycles. The van der Waals surface area contributed by atoms with E-state index in [1.807, 2.05) is 6.07 Å². The lowest BCUT2D eigenvalue weighted by atomic mass is 9.98. The van der Waals surface area contributed by atoms with Crippen molar-refractivity contribution >= 4 is 11.5 Å². The summed E-state index contributed by atoms with van der Waals surface area (Å²) >= 11 is 0. The van der Waals surface area contributed by atoms with Crippen LogP contribution in [0.15, 0.2) is 12.3 Å². The van der Waals surface area contributed by atoms with Gasteiger partial charge in [0.05, 0.1) is 4.92 Å². The van der Waals surface area contributed by atoms with E-state index in [0.29, 0.717) is 11.7 Å². The van der Waals surface area contributed by atoms with Crippen LogP contribution in [0.3, 0.4) is 0 Å². The molecule has 0 aliphatic heterocycles. The highest BCUT2D eigenvalue weighted by molar-refractivity contribution is 5.55. The van der Waals surface area contributed by atoms with Crippen LogP contribution in [0.4, 0.5) is 11.5 Å². The Balaban J connectivity index is 1.70. The molecule has 20 heavy (non-hydrogen) atoms. The zero-order valence-electron chi connectivity index (χ0n) is 11.1. The van der Waals surface area contributed by atoms with Gasteiger partial charge in [0.15, 0.2) is 0 Å². The first-order valence-corrected chi connectivity index (χ1v) is 6.97. The van der Waals surface area contributed by atoms with Crippen molar-refractivity contribution in [2.45, 2.75) is 25.7 Å². The molecule has 0 atom stereocenters. The van der Waals surface area contributed by atoms with Gasteiger partial charge in [-0.25, -0.2) is 4.98 Å². The Morgan fingerprint density at radius 3 is 2.60 bits per heavy atom. The summed E-state index contributed by atoms with van der Waals surface area (Å²) in [7, 11) is 0. The van der Waals surface area contributed by atoms with Crippen molar-refractivity contribution in [1.29, 1.82) is 5.26 Å². The van der Waals surface area contributed by atoms with Gasteiger partial charge in [0.1, 0.15) is 23.6 Å². The van der Waals surface area contributed by atoms with Crippen molar-refractivity contribution in [3.8, 4) is 6.07 Å². The van der Waals surface area contributed by atoms with Crippen LogP contribution >= 0.6 is 0 Å². The van der Waals surface area contributed by atoms with Crippen molar-refractivity contribution in [3.05, 3.63) is 27.9 Å². The van der Waals surface area contributed by atoms with E-state index in [1.54, 1.807) is 0 Å². The minimum absolute atomic E-state index is 0.145. The number of nitrogens with one attached hydrogen (secondary N) is 1. The van der Waals surface area contributed by atoms with E-state index in [9.17, 15) is 10.1 Å². The fourth-order valence-corrected chi connectivity index (χ4v) is 2.76. The predicted octanol–water partition coefficient (Wildman–Crippen LogP) is 2.71. The summed E-state index contributed by atoms with van der Waals surface area (Å²) in [5.74, 6) is 2.76. The second kappa shape index (κ2) is 5.08. The van der Waals surface area contributed by atoms with Gasteiger partial charge in [-0.3, -0.25) is 10.1 Å². The van der Waals surface area contributed by atoms with Crippen molar-refractivity contribution in [2.24, 2.45) is 17.8 Å². The topological polar surface area (TPSA) is 91.8 Å². The largest absolute Gasteiger partial charge is 0.369 e. The zero-order chi connectivity index (χ0) is 14.1. The zero-order valence-corrected chi connectivity index (χ0v) is 11.1. The van der Waals surface area contributed by atoms with Gasteiger partial charge in [0, 0.05) is 12.6 Å². The molecule has 0 spiro atoms. The van der Waals surface area contributed by atoms with E-state index in [1.165, 1.54) is 37.9 Å². The van der Waals surface area contributed by atoms with Crippen molar-refractivity contribution in [1.82, 2.24) is 4.98 Å². The lowest BCUT2D eigenvalue weighted by Crippen LogP contribution is -2.19. The van der Waals surface area contributed by atoms with Crippen LogP contribution in [0, 0.1) is 39.2 Å². The van der Waals surface area contributed by atoms with Crippen LogP contribution in [0.1, 0.15) is 31.2 Å². The molecule has 0 amide bonds. The lowest BCUT2D eigenvalue weighted by Gasteiger charge is -2.16. The third-order valence-electron chi connectivity index (χ3n) is 4.16. The van der Waals surface area contributed by atoms with Crippen LogP contribution in [-0.4, -0.2) is 16.5 Å². The highest BCUT2D eigenvalue weighted by Crippen LogP contribution is 2.49. The average molecular weight is 272 g/mol. The Hall–Kier alpha value is -2.16. The van der Waals surface area contributed by atoms with Gasteiger partial charge >= 0.3 is 0 Å². The first kappa shape index (κ1) is 12.9. The molecule has 6 heteroatoms. The van der Waals surface area contributed by atoms with E-state index < -0.39 is 4.92 Å². The number of pyridine rings is 1. The third-order valence-corrected chi connectivity index (χ3v) is 4.16. The molecule has 1 aromatic rings. The van der Waals surface area contributed by atoms with Gasteiger partial charge < -0.3 is 5.32 Å². The van der Waals surface area contributed by atoms with Crippen LogP contribution in [0.25, 0.3) is 0 Å². The molecule has 3 rings (SSSR count). The van der Waals surface area contributed by atoms with Gasteiger partial charge in [-0.1, -0.05) is 0 Å². The minimum atomic E-state index is -0.533. The van der Waals surface area contributed by atoms with Crippen molar-refractivity contribution in [2.75, 3.05) is 11.9 Å². The summed E-state index contributed by atoms with van der Waals surface area (Å²) in [6, 6.07) is 3.25. The summed E-state index contributed by atoms with van der Waals surface area (Å²) < 4.78 is 0. The van der Waals surface area contributed by atoms with Gasteiger partial charge in [-0.2, -0.15) is 5.26 Å². The number of nitriles is 1. The Bertz CT molecular complexity index is 561. The van der Waals surface area contributed by atoms with Gasteiger partial charge in [-0.05, 0) is 43.4 Å². The van der Waals surface area contributed by atoms with Crippen LogP contribution in [0.2, 0.25) is 0 Å². The van der Waals surface area contributed by atoms with Crippen molar-refractivity contribution in [3.63, 3.8) is 0 Å². The molecule has 2 aliphatic carbocycles. The second-order valence-corrected chi connectivity index (χ2v) is 5.68. The summed E-state index contributed by atoms with van der Waals surface area (Å²) in [6.07, 6.45) is 6.43. The number of aromatic nitrogens is 1. The fraction of sp³-hybridized carbons (Fsp3) is 0.571. The summed E-state index contributed by atoms with van der Waals surface area (Å²) in [6.45, 7) is 0.814. The molecule has 0 radical (unpaired) electrons. The molecule has 0 aromatic carbocycles. The van der Waals surface area contributed by atoms with Crippen LogP contribution in [0.5, 0.6) is 0 Å². The number of rotatable bonds is 6. The highest BCUT2D eigenvalue weighted by Gasteiger charge is 2.41. The molecule has 104 valence electrons. The first-order valence-electron chi connectivity index (χ1n) is 6.97. The van der Waals surface area contributed by atoms with E-state index in [0.717, 1.165) is 18.4 Å². The SMILES string of the molecule is N#Cc1cc([N+](=O)[O-])cnc1NCC(C1CC1)C1CC1. The van der Waals surface area contributed by atoms with E-state index >= 15 is 0 Å². The summed E-state index contributed by atoms with van der Waals surface area (Å²) in [4.78, 5) is 14.2. The molecule has 2 saturated carbocycles. The summed E-state index contributed by atoms with van der Waals surface area (Å²) in [5.41, 5.74) is 0.0950. The maximum Gasteiger partial charge on any atom is 0.289 e. The maximum absolute atomic E-state index is 10.7. The van der Waals surface area contributed by atoms with E-state index in [4.69, 9.17) is 5.26 Å². The number of nitrogens with zero attached hydrogens (tertiary/aromatic N) is 3. The molecule has 1 aromatic heterocycles. The molecule has 1 heterocycles. The Labute approximate surface area is 117 Å².